The van der Waals surface area contributed by atoms with Crippen LogP contribution < -0.4 is 20.3 Å². The van der Waals surface area contributed by atoms with Crippen LogP contribution in [0.15, 0.2) is 48.7 Å². The number of carbonyl (C=O) groups is 2. The molecule has 5 N–H and O–H groups in total. The van der Waals surface area contributed by atoms with Crippen LogP contribution >= 0.6 is 0 Å². The van der Waals surface area contributed by atoms with Gasteiger partial charge in [0.05, 0.1) is 38.7 Å². The zero-order chi connectivity index (χ0) is 38.1. The first-order chi connectivity index (χ1) is 24.6. The average molecular weight is 722 g/mol. The Morgan fingerprint density at radius 2 is 1.90 bits per heavy atom. The van der Waals surface area contributed by atoms with Gasteiger partial charge in [-0.15, -0.1) is 0 Å². The maximum Gasteiger partial charge on any atom is 0.251 e. The summed E-state index contributed by atoms with van der Waals surface area (Å²) in [5.74, 6) is 0.970. The van der Waals surface area contributed by atoms with Crippen LogP contribution in [0.5, 0.6) is 5.75 Å². The third-order valence-electron chi connectivity index (χ3n) is 11.9. The molecule has 52 heavy (non-hydrogen) atoms. The van der Waals surface area contributed by atoms with Gasteiger partial charge >= 0.3 is 0 Å². The van der Waals surface area contributed by atoms with Gasteiger partial charge in [-0.2, -0.15) is 5.06 Å². The molecule has 4 aliphatic rings. The van der Waals surface area contributed by atoms with E-state index in [1.807, 2.05) is 67.3 Å². The number of hydroxylamine groups is 2. The molecule has 2 amide bonds. The number of methoxy groups -OCH3 is 1. The van der Waals surface area contributed by atoms with Gasteiger partial charge in [0.15, 0.2) is 0 Å². The number of anilines is 1. The molecule has 12 heteroatoms. The van der Waals surface area contributed by atoms with E-state index in [2.05, 4.69) is 38.0 Å². The Bertz CT molecular complexity index is 1610. The fourth-order valence-electron chi connectivity index (χ4n) is 8.84. The maximum absolute atomic E-state index is 14.2. The molecule has 286 valence electrons. The second-order valence-electron chi connectivity index (χ2n) is 16.0. The molecule has 3 saturated carbocycles. The van der Waals surface area contributed by atoms with Crippen molar-refractivity contribution < 1.29 is 34.5 Å². The zero-order valence-electron chi connectivity index (χ0n) is 32.1. The van der Waals surface area contributed by atoms with Gasteiger partial charge < -0.3 is 35.6 Å². The van der Waals surface area contributed by atoms with E-state index in [9.17, 15) is 24.9 Å². The highest BCUT2D eigenvalue weighted by molar-refractivity contribution is 5.97. The van der Waals surface area contributed by atoms with Crippen molar-refractivity contribution in [3.05, 3.63) is 59.9 Å². The molecule has 12 nitrogen and oxygen atoms in total. The number of para-hydroxylation sites is 1. The Morgan fingerprint density at radius 3 is 2.50 bits per heavy atom. The van der Waals surface area contributed by atoms with E-state index in [1.165, 1.54) is 6.42 Å². The van der Waals surface area contributed by atoms with Gasteiger partial charge in [0, 0.05) is 61.5 Å². The normalized spacial score (nSPS) is 27.1. The van der Waals surface area contributed by atoms with Crippen LogP contribution in [0, 0.1) is 29.1 Å². The third-order valence-corrected chi connectivity index (χ3v) is 11.9. The number of aliphatic hydroxyl groups is 3. The lowest BCUT2D eigenvalue weighted by Crippen LogP contribution is -2.62. The summed E-state index contributed by atoms with van der Waals surface area (Å²) in [7, 11) is 7.25. The van der Waals surface area contributed by atoms with Crippen LogP contribution in [0.1, 0.15) is 56.5 Å². The summed E-state index contributed by atoms with van der Waals surface area (Å²) in [6.45, 7) is 13.1. The summed E-state index contributed by atoms with van der Waals surface area (Å²) in [5.41, 5.74) is 3.84. The van der Waals surface area contributed by atoms with Crippen molar-refractivity contribution in [3.63, 3.8) is 0 Å². The van der Waals surface area contributed by atoms with Crippen molar-refractivity contribution in [2.45, 2.75) is 71.4 Å². The fourth-order valence-corrected chi connectivity index (χ4v) is 8.84. The number of carbonyl (C=O) groups excluding carboxylic acids is 2. The van der Waals surface area contributed by atoms with Crippen LogP contribution in [-0.4, -0.2) is 116 Å². The number of amides is 2. The van der Waals surface area contributed by atoms with E-state index >= 15 is 0 Å². The molecule has 6 rings (SSSR count). The van der Waals surface area contributed by atoms with Crippen molar-refractivity contribution in [1.82, 2.24) is 20.6 Å². The van der Waals surface area contributed by atoms with Gasteiger partial charge in [0.2, 0.25) is 5.91 Å². The number of ether oxygens (including phenoxy) is 1. The van der Waals surface area contributed by atoms with Gasteiger partial charge in [-0.3, -0.25) is 19.3 Å². The molecule has 4 fully saturated rings. The minimum absolute atomic E-state index is 0.0311. The summed E-state index contributed by atoms with van der Waals surface area (Å²) in [6.07, 6.45) is 0.448. The summed E-state index contributed by atoms with van der Waals surface area (Å²) in [6, 6.07) is 10.6. The van der Waals surface area contributed by atoms with Crippen molar-refractivity contribution in [2.75, 3.05) is 59.4 Å². The smallest absolute Gasteiger partial charge is 0.251 e. The molecule has 0 spiro atoms. The van der Waals surface area contributed by atoms with E-state index in [-0.39, 0.29) is 42.2 Å². The monoisotopic (exact) mass is 721 g/mol. The Morgan fingerprint density at radius 1 is 1.17 bits per heavy atom. The Labute approximate surface area is 308 Å². The van der Waals surface area contributed by atoms with Crippen LogP contribution in [0.2, 0.25) is 0 Å². The third kappa shape index (κ3) is 8.11. The minimum atomic E-state index is -0.907. The summed E-state index contributed by atoms with van der Waals surface area (Å²) >= 11 is 0. The zero-order valence-corrected chi connectivity index (χ0v) is 32.1. The summed E-state index contributed by atoms with van der Waals surface area (Å²) in [4.78, 5) is 37.6. The largest absolute Gasteiger partial charge is 0.512 e. The lowest BCUT2D eigenvalue weighted by Gasteiger charge is -2.62. The predicted molar refractivity (Wildman–Crippen MR) is 202 cm³/mol. The maximum atomic E-state index is 14.2. The highest BCUT2D eigenvalue weighted by Crippen LogP contribution is 2.61. The van der Waals surface area contributed by atoms with Gasteiger partial charge in [0.1, 0.15) is 17.9 Å². The molecule has 1 heterocycles. The van der Waals surface area contributed by atoms with Crippen LogP contribution in [0.4, 0.5) is 5.69 Å². The Hall–Kier alpha value is -3.68. The quantitative estimate of drug-likeness (QED) is 0.172. The fraction of sp³-hybridized carbons (Fsp3) is 0.600. The molecular formula is C40H59N5O7. The topological polar surface area (TPSA) is 147 Å². The van der Waals surface area contributed by atoms with Crippen LogP contribution in [-0.2, 0) is 16.2 Å². The first-order valence-electron chi connectivity index (χ1n) is 18.4. The molecular weight excluding hydrogens is 662 g/mol. The van der Waals surface area contributed by atoms with E-state index in [1.54, 1.807) is 19.1 Å². The number of fused-ring (bicyclic) bond motifs is 2. The lowest BCUT2D eigenvalue weighted by atomic mass is 9.45. The number of hydrogen-bond donors (Lipinski definition) is 5. The van der Waals surface area contributed by atoms with Crippen molar-refractivity contribution in [2.24, 2.45) is 29.1 Å². The van der Waals surface area contributed by atoms with Gasteiger partial charge in [-0.25, -0.2) is 0 Å². The molecule has 1 aliphatic heterocycles. The van der Waals surface area contributed by atoms with Gasteiger partial charge in [0.25, 0.3) is 5.91 Å². The Balaban J connectivity index is 1.41. The number of likely N-dealkylation sites (N-methyl/N-ethyl adjacent to an activating group) is 1. The van der Waals surface area contributed by atoms with E-state index in [0.29, 0.717) is 48.7 Å². The van der Waals surface area contributed by atoms with Crippen molar-refractivity contribution in [3.8, 4) is 16.9 Å². The van der Waals surface area contributed by atoms with E-state index in [4.69, 9.17) is 9.57 Å². The molecule has 2 bridgehead atoms. The highest BCUT2D eigenvalue weighted by atomic mass is 16.7. The number of aliphatic hydroxyl groups excluding tert-OH is 3. The van der Waals surface area contributed by atoms with E-state index < -0.39 is 24.2 Å². The molecule has 2 aromatic carbocycles. The standard InChI is InChI=1S/C40H59N5O7/c1-23(47)20-44(8)14-13-41-38(49)28-15-27(16-30(17-28)43(6)7)31-12-10-11-26(37(31)51-9)21-45-36(35(25(3)48)34(22-46)52-45)39(50)42-33-19-29-18-32(24(33)2)40(29,4)5/h10-12,15-17,24-25,29,32-36,46-48H,1,13-14,18-22H2,2-9H3,(H,41,49)(H,42,50)/t24-,25-,29+,32-,33-,34-,35+,36-/m0/s1. The van der Waals surface area contributed by atoms with Crippen molar-refractivity contribution >= 4 is 17.5 Å². The Kier molecular flexibility index (Phi) is 12.3. The average Bonchev–Trinajstić information content (AvgIpc) is 3.46. The highest BCUT2D eigenvalue weighted by Gasteiger charge is 2.57. The van der Waals surface area contributed by atoms with Crippen LogP contribution in [0.25, 0.3) is 11.1 Å². The minimum Gasteiger partial charge on any atom is -0.512 e. The molecule has 0 aromatic heterocycles. The number of rotatable bonds is 15. The summed E-state index contributed by atoms with van der Waals surface area (Å²) in [5, 5.41) is 38.6. The SMILES string of the molecule is C=C(O)CN(C)CCNC(=O)c1cc(-c2cccc(CN3O[C@@H](CO)[C@@H]([C@H](C)O)[C@H]3C(=O)N[C@H]3C[C@H]4C[C@@H]([C@@H]3C)C4(C)C)c2OC)cc(N(C)C)c1. The molecule has 1 saturated heterocycles. The second kappa shape index (κ2) is 16.1. The second-order valence-corrected chi connectivity index (χ2v) is 16.0. The van der Waals surface area contributed by atoms with Crippen LogP contribution in [0.3, 0.4) is 0 Å². The number of hydrogen-bond acceptors (Lipinski definition) is 10. The first kappa shape index (κ1) is 39.5. The molecule has 0 unspecified atom stereocenters. The van der Waals surface area contributed by atoms with Gasteiger partial charge in [-0.1, -0.05) is 45.5 Å². The summed E-state index contributed by atoms with van der Waals surface area (Å²) < 4.78 is 6.03. The number of benzene rings is 2. The van der Waals surface area contributed by atoms with Crippen molar-refractivity contribution in [1.29, 1.82) is 0 Å². The molecule has 3 aliphatic carbocycles. The number of nitrogens with one attached hydrogen (secondary N) is 2. The first-order valence-corrected chi connectivity index (χ1v) is 18.4. The molecule has 8 atom stereocenters. The van der Waals surface area contributed by atoms with E-state index in [0.717, 1.165) is 28.8 Å². The molecule has 0 radical (unpaired) electrons. The van der Waals surface area contributed by atoms with Gasteiger partial charge in [-0.05, 0) is 73.7 Å². The number of nitrogens with zero attached hydrogens (tertiary/aromatic N) is 3. The lowest BCUT2D eigenvalue weighted by molar-refractivity contribution is -0.183. The predicted octanol–water partition coefficient (Wildman–Crippen LogP) is 3.82. The molecule has 2 aromatic rings.